The maximum atomic E-state index is 14.3. The van der Waals surface area contributed by atoms with Gasteiger partial charge in [0.25, 0.3) is 0 Å². The molecule has 0 amide bonds. The topological polar surface area (TPSA) is 62.0 Å². The Hall–Kier alpha value is -3.30. The molecule has 2 atom stereocenters. The fourth-order valence-corrected chi connectivity index (χ4v) is 6.91. The predicted octanol–water partition coefficient (Wildman–Crippen LogP) is 4.09. The van der Waals surface area contributed by atoms with E-state index in [4.69, 9.17) is 9.72 Å². The van der Waals surface area contributed by atoms with Crippen molar-refractivity contribution in [2.45, 2.75) is 37.8 Å². The third kappa shape index (κ3) is 4.08. The van der Waals surface area contributed by atoms with Gasteiger partial charge in [-0.3, -0.25) is 9.88 Å². The number of fused-ring (bicyclic) bond motifs is 4. The zero-order valence-electron chi connectivity index (χ0n) is 22.1. The summed E-state index contributed by atoms with van der Waals surface area (Å²) < 4.78 is 21.3. The average Bonchev–Trinajstić information content (AvgIpc) is 3.44. The minimum absolute atomic E-state index is 0.196. The number of nitrogens with zero attached hydrogens (tertiary/aromatic N) is 7. The van der Waals surface area contributed by atoms with Gasteiger partial charge in [-0.1, -0.05) is 0 Å². The molecule has 3 aliphatic rings. The number of likely N-dealkylation sites (tertiary alicyclic amines) is 2. The molecule has 0 aliphatic carbocycles. The SMILES string of the molecule is COc1cc2c(-c3cnn4cc(N5CCC(N6CCC7CC(C6)N(C)C7)CC5)cnc34)ccnc2cc1F. The summed E-state index contributed by atoms with van der Waals surface area (Å²) in [6, 6.07) is 6.44. The number of hydrogen-bond acceptors (Lipinski definition) is 7. The number of rotatable bonds is 4. The van der Waals surface area contributed by atoms with Gasteiger partial charge in [-0.25, -0.2) is 13.9 Å². The lowest BCUT2D eigenvalue weighted by molar-refractivity contribution is 0.123. The summed E-state index contributed by atoms with van der Waals surface area (Å²) in [6.45, 7) is 5.83. The third-order valence-electron chi connectivity index (χ3n) is 9.04. The van der Waals surface area contributed by atoms with Gasteiger partial charge in [0.2, 0.25) is 0 Å². The minimum Gasteiger partial charge on any atom is -0.494 e. The summed E-state index contributed by atoms with van der Waals surface area (Å²) >= 11 is 0. The van der Waals surface area contributed by atoms with Crippen molar-refractivity contribution in [3.8, 4) is 16.9 Å². The maximum Gasteiger partial charge on any atom is 0.167 e. The molecule has 4 aromatic rings. The van der Waals surface area contributed by atoms with Crippen LogP contribution in [0.3, 0.4) is 0 Å². The lowest BCUT2D eigenvalue weighted by Crippen LogP contribution is -2.49. The fourth-order valence-electron chi connectivity index (χ4n) is 6.91. The van der Waals surface area contributed by atoms with Crippen LogP contribution in [-0.4, -0.2) is 88.3 Å². The first-order valence-electron chi connectivity index (χ1n) is 13.7. The number of hydrogen-bond donors (Lipinski definition) is 0. The number of aromatic nitrogens is 4. The number of benzene rings is 1. The highest BCUT2D eigenvalue weighted by atomic mass is 19.1. The van der Waals surface area contributed by atoms with Gasteiger partial charge in [-0.2, -0.15) is 5.10 Å². The predicted molar refractivity (Wildman–Crippen MR) is 146 cm³/mol. The van der Waals surface area contributed by atoms with E-state index in [1.165, 1.54) is 58.5 Å². The molecule has 0 radical (unpaired) electrons. The van der Waals surface area contributed by atoms with E-state index in [-0.39, 0.29) is 5.75 Å². The Morgan fingerprint density at radius 3 is 2.68 bits per heavy atom. The van der Waals surface area contributed by atoms with Crippen LogP contribution in [0, 0.1) is 11.7 Å². The summed E-state index contributed by atoms with van der Waals surface area (Å²) in [6.07, 6.45) is 12.7. The molecule has 7 rings (SSSR count). The lowest BCUT2D eigenvalue weighted by atomic mass is 10.0. The highest BCUT2D eigenvalue weighted by Gasteiger charge is 2.36. The van der Waals surface area contributed by atoms with E-state index in [9.17, 15) is 4.39 Å². The quantitative estimate of drug-likeness (QED) is 0.406. The molecule has 0 spiro atoms. The molecule has 3 aliphatic heterocycles. The Morgan fingerprint density at radius 1 is 0.974 bits per heavy atom. The zero-order valence-corrected chi connectivity index (χ0v) is 22.1. The molecule has 3 fully saturated rings. The van der Waals surface area contributed by atoms with E-state index in [1.807, 2.05) is 23.0 Å². The molecule has 6 heterocycles. The van der Waals surface area contributed by atoms with Gasteiger partial charge < -0.3 is 14.5 Å². The molecule has 3 saturated heterocycles. The Bertz CT molecular complexity index is 1480. The van der Waals surface area contributed by atoms with E-state index >= 15 is 0 Å². The van der Waals surface area contributed by atoms with Crippen LogP contribution in [0.2, 0.25) is 0 Å². The molecule has 2 unspecified atom stereocenters. The van der Waals surface area contributed by atoms with Crippen molar-refractivity contribution in [1.82, 2.24) is 29.4 Å². The first-order chi connectivity index (χ1) is 18.6. The monoisotopic (exact) mass is 515 g/mol. The van der Waals surface area contributed by atoms with E-state index in [1.54, 1.807) is 12.3 Å². The number of pyridine rings is 1. The number of ether oxygens (including phenoxy) is 1. The highest BCUT2D eigenvalue weighted by molar-refractivity contribution is 5.98. The summed E-state index contributed by atoms with van der Waals surface area (Å²) in [4.78, 5) is 17.0. The molecule has 2 bridgehead atoms. The van der Waals surface area contributed by atoms with Crippen molar-refractivity contribution < 1.29 is 9.13 Å². The van der Waals surface area contributed by atoms with Crippen molar-refractivity contribution in [1.29, 1.82) is 0 Å². The van der Waals surface area contributed by atoms with Crippen molar-refractivity contribution in [3.63, 3.8) is 0 Å². The van der Waals surface area contributed by atoms with Gasteiger partial charge in [-0.05, 0) is 62.9 Å². The van der Waals surface area contributed by atoms with E-state index in [2.05, 4.69) is 38.0 Å². The molecule has 9 heteroatoms. The molecular formula is C29H34FN7O. The number of anilines is 1. The average molecular weight is 516 g/mol. The normalized spacial score (nSPS) is 23.4. The Kier molecular flexibility index (Phi) is 5.93. The summed E-state index contributed by atoms with van der Waals surface area (Å²) in [5.41, 5.74) is 4.23. The first kappa shape index (κ1) is 23.8. The van der Waals surface area contributed by atoms with Crippen LogP contribution >= 0.6 is 0 Å². The van der Waals surface area contributed by atoms with Crippen LogP contribution in [0.1, 0.15) is 25.7 Å². The van der Waals surface area contributed by atoms with Crippen molar-refractivity contribution in [2.24, 2.45) is 5.92 Å². The number of halogens is 1. The minimum atomic E-state index is -0.425. The lowest BCUT2D eigenvalue weighted by Gasteiger charge is -2.41. The maximum absolute atomic E-state index is 14.3. The smallest absolute Gasteiger partial charge is 0.167 e. The third-order valence-corrected chi connectivity index (χ3v) is 9.04. The van der Waals surface area contributed by atoms with Crippen LogP contribution in [-0.2, 0) is 0 Å². The van der Waals surface area contributed by atoms with Gasteiger partial charge in [-0.15, -0.1) is 0 Å². The van der Waals surface area contributed by atoms with Gasteiger partial charge in [0, 0.05) is 61.5 Å². The molecule has 198 valence electrons. The van der Waals surface area contributed by atoms with Crippen LogP contribution in [0.15, 0.2) is 43.0 Å². The molecule has 1 aromatic carbocycles. The Morgan fingerprint density at radius 2 is 1.84 bits per heavy atom. The van der Waals surface area contributed by atoms with Crippen LogP contribution < -0.4 is 9.64 Å². The second-order valence-electron chi connectivity index (χ2n) is 11.2. The number of piperidine rings is 1. The van der Waals surface area contributed by atoms with Crippen molar-refractivity contribution >= 4 is 22.2 Å². The zero-order chi connectivity index (χ0) is 25.8. The molecule has 3 aromatic heterocycles. The van der Waals surface area contributed by atoms with Crippen molar-refractivity contribution in [3.05, 3.63) is 48.8 Å². The Labute approximate surface area is 222 Å². The standard InChI is InChI=1S/C29H34FN7O/c1-34-16-19-4-8-36(17-21(34)11-19)20-5-9-35(10-6-20)22-14-32-29-25(15-33-37(29)18-22)23-3-7-31-27-13-26(30)28(38-2)12-24(23)27/h3,7,12-15,18-21H,4-6,8-11,16-17H2,1-2H3. The van der Waals surface area contributed by atoms with Crippen LogP contribution in [0.4, 0.5) is 10.1 Å². The Balaban J connectivity index is 1.10. The summed E-state index contributed by atoms with van der Waals surface area (Å²) in [5.74, 6) is 0.660. The fraction of sp³-hybridized carbons (Fsp3) is 0.483. The molecule has 0 saturated carbocycles. The highest BCUT2D eigenvalue weighted by Crippen LogP contribution is 2.35. The van der Waals surface area contributed by atoms with Crippen molar-refractivity contribution in [2.75, 3.05) is 51.8 Å². The van der Waals surface area contributed by atoms with Gasteiger partial charge in [0.1, 0.15) is 0 Å². The van der Waals surface area contributed by atoms with Crippen LogP contribution in [0.5, 0.6) is 5.75 Å². The molecule has 38 heavy (non-hydrogen) atoms. The van der Waals surface area contributed by atoms with E-state index < -0.39 is 5.82 Å². The number of likely N-dealkylation sites (N-methyl/N-ethyl adjacent to an activating group) is 1. The van der Waals surface area contributed by atoms with Gasteiger partial charge >= 0.3 is 0 Å². The summed E-state index contributed by atoms with van der Waals surface area (Å²) in [5, 5.41) is 5.44. The second kappa shape index (κ2) is 9.47. The second-order valence-corrected chi connectivity index (χ2v) is 11.2. The molecule has 0 N–H and O–H groups in total. The first-order valence-corrected chi connectivity index (χ1v) is 13.7. The van der Waals surface area contributed by atoms with Crippen LogP contribution in [0.25, 0.3) is 27.7 Å². The molecule has 8 nitrogen and oxygen atoms in total. The number of methoxy groups -OCH3 is 1. The van der Waals surface area contributed by atoms with E-state index in [0.717, 1.165) is 52.9 Å². The summed E-state index contributed by atoms with van der Waals surface area (Å²) in [7, 11) is 3.77. The van der Waals surface area contributed by atoms with Gasteiger partial charge in [0.05, 0.1) is 36.9 Å². The molecular weight excluding hydrogens is 481 g/mol. The van der Waals surface area contributed by atoms with Gasteiger partial charge in [0.15, 0.2) is 17.2 Å². The van der Waals surface area contributed by atoms with E-state index in [0.29, 0.717) is 11.6 Å². The largest absolute Gasteiger partial charge is 0.494 e.